The van der Waals surface area contributed by atoms with E-state index in [1.54, 1.807) is 12.1 Å². The van der Waals surface area contributed by atoms with Gasteiger partial charge in [-0.3, -0.25) is 9.78 Å². The van der Waals surface area contributed by atoms with Crippen LogP contribution in [-0.4, -0.2) is 32.1 Å². The van der Waals surface area contributed by atoms with E-state index in [1.165, 1.54) is 25.5 Å². The third kappa shape index (κ3) is 6.57. The van der Waals surface area contributed by atoms with Gasteiger partial charge in [-0.2, -0.15) is 13.2 Å². The summed E-state index contributed by atoms with van der Waals surface area (Å²) < 4.78 is 44.1. The van der Waals surface area contributed by atoms with Gasteiger partial charge in [0, 0.05) is 24.2 Å². The highest BCUT2D eigenvalue weighted by atomic mass is 19.4. The summed E-state index contributed by atoms with van der Waals surface area (Å²) in [5, 5.41) is 7.42. The summed E-state index contributed by atoms with van der Waals surface area (Å²) in [6.45, 7) is 1.08. The van der Waals surface area contributed by atoms with Crippen molar-refractivity contribution >= 4 is 5.97 Å². The van der Waals surface area contributed by atoms with Crippen molar-refractivity contribution in [3.63, 3.8) is 0 Å². The SMILES string of the molecule is CC(=O)O.FC(F)(F)c1cnc(-c2ccc(-c3ccc(OC4CCCCC4)cc3)nc2)[nH]1. The van der Waals surface area contributed by atoms with Crippen molar-refractivity contribution in [3.05, 3.63) is 54.5 Å². The number of carboxylic acids is 1. The largest absolute Gasteiger partial charge is 0.490 e. The molecule has 0 unspecified atom stereocenters. The van der Waals surface area contributed by atoms with Gasteiger partial charge in [0.1, 0.15) is 17.3 Å². The number of hydrogen-bond donors (Lipinski definition) is 2. The molecule has 0 bridgehead atoms. The normalized spacial score (nSPS) is 14.4. The monoisotopic (exact) mass is 447 g/mol. The molecule has 0 radical (unpaired) electrons. The maximum absolute atomic E-state index is 12.7. The standard InChI is InChI=1S/C21H20F3N3O.C2H4O2/c22-21(23,24)19-13-26-20(27-19)15-8-11-18(25-12-15)14-6-9-17(10-7-14)28-16-4-2-1-3-5-16;1-2(3)4/h6-13,16H,1-5H2,(H,26,27);1H3,(H,3,4). The van der Waals surface area contributed by atoms with E-state index in [9.17, 15) is 13.2 Å². The molecular weight excluding hydrogens is 423 g/mol. The first kappa shape index (κ1) is 23.3. The maximum Gasteiger partial charge on any atom is 0.432 e. The number of nitrogens with one attached hydrogen (secondary N) is 1. The van der Waals surface area contributed by atoms with Gasteiger partial charge >= 0.3 is 6.18 Å². The molecule has 6 nitrogen and oxygen atoms in total. The van der Waals surface area contributed by atoms with E-state index >= 15 is 0 Å². The molecule has 0 spiro atoms. The molecule has 2 N–H and O–H groups in total. The van der Waals surface area contributed by atoms with Crippen LogP contribution in [0.3, 0.4) is 0 Å². The van der Waals surface area contributed by atoms with Crippen LogP contribution in [0.2, 0.25) is 0 Å². The number of rotatable bonds is 4. The van der Waals surface area contributed by atoms with Crippen LogP contribution in [0, 0.1) is 0 Å². The Morgan fingerprint density at radius 2 is 1.62 bits per heavy atom. The molecule has 1 fully saturated rings. The number of H-pyrrole nitrogens is 1. The van der Waals surface area contributed by atoms with Crippen LogP contribution in [0.4, 0.5) is 13.2 Å². The molecule has 32 heavy (non-hydrogen) atoms. The molecule has 1 aliphatic rings. The number of imidazole rings is 1. The van der Waals surface area contributed by atoms with Crippen molar-refractivity contribution in [1.82, 2.24) is 15.0 Å². The summed E-state index contributed by atoms with van der Waals surface area (Å²) in [5.41, 5.74) is 1.27. The number of carboxylic acid groups (broad SMARTS) is 1. The number of aromatic nitrogens is 3. The number of nitrogens with zero attached hydrogens (tertiary/aromatic N) is 2. The Labute approximate surface area is 183 Å². The third-order valence-electron chi connectivity index (χ3n) is 4.92. The number of halogens is 3. The zero-order valence-corrected chi connectivity index (χ0v) is 17.5. The van der Waals surface area contributed by atoms with Gasteiger partial charge in [-0.1, -0.05) is 6.42 Å². The van der Waals surface area contributed by atoms with Gasteiger partial charge in [-0.15, -0.1) is 0 Å². The molecule has 1 aliphatic carbocycles. The molecule has 2 aromatic heterocycles. The summed E-state index contributed by atoms with van der Waals surface area (Å²) in [6, 6.07) is 11.2. The molecule has 2 heterocycles. The minimum Gasteiger partial charge on any atom is -0.490 e. The number of aromatic amines is 1. The third-order valence-corrected chi connectivity index (χ3v) is 4.92. The molecular formula is C23H24F3N3O3. The fourth-order valence-corrected chi connectivity index (χ4v) is 3.40. The first-order chi connectivity index (χ1) is 15.2. The van der Waals surface area contributed by atoms with E-state index in [-0.39, 0.29) is 5.82 Å². The van der Waals surface area contributed by atoms with Crippen LogP contribution in [0.1, 0.15) is 44.7 Å². The van der Waals surface area contributed by atoms with Crippen LogP contribution in [-0.2, 0) is 11.0 Å². The molecule has 4 rings (SSSR count). The van der Waals surface area contributed by atoms with E-state index < -0.39 is 17.8 Å². The Morgan fingerprint density at radius 3 is 2.16 bits per heavy atom. The van der Waals surface area contributed by atoms with Crippen LogP contribution in [0.15, 0.2) is 48.8 Å². The molecule has 0 amide bonds. The highest BCUT2D eigenvalue weighted by Gasteiger charge is 2.33. The minimum atomic E-state index is -4.44. The predicted molar refractivity (Wildman–Crippen MR) is 113 cm³/mol. The van der Waals surface area contributed by atoms with Crippen molar-refractivity contribution in [2.45, 2.75) is 51.3 Å². The molecule has 170 valence electrons. The van der Waals surface area contributed by atoms with Crippen molar-refractivity contribution in [2.75, 3.05) is 0 Å². The number of pyridine rings is 1. The van der Waals surface area contributed by atoms with Gasteiger partial charge in [0.15, 0.2) is 0 Å². The predicted octanol–water partition coefficient (Wildman–Crippen LogP) is 5.96. The highest BCUT2D eigenvalue weighted by Crippen LogP contribution is 2.30. The van der Waals surface area contributed by atoms with E-state index in [1.807, 2.05) is 24.3 Å². The van der Waals surface area contributed by atoms with Crippen molar-refractivity contribution in [1.29, 1.82) is 0 Å². The summed E-state index contributed by atoms with van der Waals surface area (Å²) in [6.07, 6.45) is 4.09. The van der Waals surface area contributed by atoms with Crippen molar-refractivity contribution < 1.29 is 27.8 Å². The number of ether oxygens (including phenoxy) is 1. The lowest BCUT2D eigenvalue weighted by Gasteiger charge is -2.23. The van der Waals surface area contributed by atoms with Crippen molar-refractivity contribution in [3.8, 4) is 28.4 Å². The Hall–Kier alpha value is -3.36. The van der Waals surface area contributed by atoms with Gasteiger partial charge in [0.2, 0.25) is 0 Å². The van der Waals surface area contributed by atoms with Crippen LogP contribution in [0.25, 0.3) is 22.6 Å². The van der Waals surface area contributed by atoms with Gasteiger partial charge in [0.25, 0.3) is 5.97 Å². The summed E-state index contributed by atoms with van der Waals surface area (Å²) >= 11 is 0. The van der Waals surface area contributed by atoms with E-state index in [4.69, 9.17) is 14.6 Å². The second-order valence-electron chi connectivity index (χ2n) is 7.50. The Balaban J connectivity index is 0.000000668. The lowest BCUT2D eigenvalue weighted by atomic mass is 9.98. The molecule has 0 saturated heterocycles. The first-order valence-corrected chi connectivity index (χ1v) is 10.3. The molecule has 0 aliphatic heterocycles. The topological polar surface area (TPSA) is 88.1 Å². The summed E-state index contributed by atoms with van der Waals surface area (Å²) in [7, 11) is 0. The molecule has 3 aromatic rings. The van der Waals surface area contributed by atoms with Crippen LogP contribution >= 0.6 is 0 Å². The van der Waals surface area contributed by atoms with Gasteiger partial charge < -0.3 is 14.8 Å². The van der Waals surface area contributed by atoms with E-state index in [0.717, 1.165) is 43.0 Å². The molecule has 1 saturated carbocycles. The van der Waals surface area contributed by atoms with Gasteiger partial charge in [-0.05, 0) is 62.1 Å². The Bertz CT molecular complexity index is 1010. The Kier molecular flexibility index (Phi) is 7.50. The zero-order chi connectivity index (χ0) is 23.1. The second kappa shape index (κ2) is 10.3. The first-order valence-electron chi connectivity index (χ1n) is 10.3. The minimum absolute atomic E-state index is 0.141. The number of aliphatic carboxylic acids is 1. The number of hydrogen-bond acceptors (Lipinski definition) is 4. The molecule has 0 atom stereocenters. The molecule has 9 heteroatoms. The summed E-state index contributed by atoms with van der Waals surface area (Å²) in [4.78, 5) is 19.4. The van der Waals surface area contributed by atoms with Gasteiger partial charge in [0.05, 0.1) is 18.0 Å². The lowest BCUT2D eigenvalue weighted by Crippen LogP contribution is -2.19. The summed E-state index contributed by atoms with van der Waals surface area (Å²) in [5.74, 6) is 0.158. The quantitative estimate of drug-likeness (QED) is 0.515. The van der Waals surface area contributed by atoms with Crippen LogP contribution < -0.4 is 4.74 Å². The average molecular weight is 447 g/mol. The Morgan fingerprint density at radius 1 is 1.00 bits per heavy atom. The maximum atomic E-state index is 12.7. The number of carbonyl (C=O) groups is 1. The fraction of sp³-hybridized carbons (Fsp3) is 0.348. The van der Waals surface area contributed by atoms with E-state index in [0.29, 0.717) is 11.7 Å². The molecule has 1 aromatic carbocycles. The smallest absolute Gasteiger partial charge is 0.432 e. The number of benzene rings is 1. The lowest BCUT2D eigenvalue weighted by molar-refractivity contribution is -0.141. The van der Waals surface area contributed by atoms with Gasteiger partial charge in [-0.25, -0.2) is 4.98 Å². The second-order valence-corrected chi connectivity index (χ2v) is 7.50. The van der Waals surface area contributed by atoms with Crippen LogP contribution in [0.5, 0.6) is 5.75 Å². The number of alkyl halides is 3. The average Bonchev–Trinajstić information content (AvgIpc) is 3.26. The zero-order valence-electron chi connectivity index (χ0n) is 17.5. The van der Waals surface area contributed by atoms with Crippen molar-refractivity contribution in [2.24, 2.45) is 0 Å². The fourth-order valence-electron chi connectivity index (χ4n) is 3.40. The highest BCUT2D eigenvalue weighted by molar-refractivity contribution is 5.64. The van der Waals surface area contributed by atoms with E-state index in [2.05, 4.69) is 15.0 Å².